The molecule has 0 bridgehead atoms. The van der Waals surface area contributed by atoms with Crippen LogP contribution in [0.3, 0.4) is 0 Å². The van der Waals surface area contributed by atoms with Gasteiger partial charge in [0, 0.05) is 0 Å². The fraction of sp³-hybridized carbons (Fsp3) is 0.571. The van der Waals surface area contributed by atoms with Gasteiger partial charge in [-0.1, -0.05) is 34.6 Å². The third-order valence-electron chi connectivity index (χ3n) is 3.35. The van der Waals surface area contributed by atoms with Crippen LogP contribution in [0.15, 0.2) is 21.9 Å². The van der Waals surface area contributed by atoms with Gasteiger partial charge in [-0.15, -0.1) is 0 Å². The highest BCUT2D eigenvalue weighted by molar-refractivity contribution is 7.86. The van der Waals surface area contributed by atoms with Crippen molar-refractivity contribution >= 4 is 20.2 Å². The summed E-state index contributed by atoms with van der Waals surface area (Å²) in [7, 11) is -9.74. The van der Waals surface area contributed by atoms with E-state index in [1.54, 1.807) is 13.8 Å². The number of hydrogen-bond donors (Lipinski definition) is 3. The van der Waals surface area contributed by atoms with E-state index < -0.39 is 41.2 Å². The Balaban J connectivity index is 3.77. The van der Waals surface area contributed by atoms with Gasteiger partial charge in [0.25, 0.3) is 20.2 Å². The van der Waals surface area contributed by atoms with Crippen LogP contribution in [0.2, 0.25) is 0 Å². The maximum Gasteiger partial charge on any atom is 0.298 e. The van der Waals surface area contributed by atoms with Crippen LogP contribution in [-0.4, -0.2) is 31.0 Å². The first kappa shape index (κ1) is 19.9. The Morgan fingerprint density at radius 3 is 1.48 bits per heavy atom. The molecule has 1 aromatic carbocycles. The van der Waals surface area contributed by atoms with E-state index in [2.05, 4.69) is 0 Å². The molecular formula is C14H22O7S2. The lowest BCUT2D eigenvalue weighted by molar-refractivity contribution is 0.283. The highest BCUT2D eigenvalue weighted by Gasteiger charge is 2.32. The van der Waals surface area contributed by atoms with Crippen LogP contribution in [0.4, 0.5) is 0 Å². The predicted octanol–water partition coefficient (Wildman–Crippen LogP) is 2.60. The lowest BCUT2D eigenvalue weighted by atomic mass is 9.72. The summed E-state index contributed by atoms with van der Waals surface area (Å²) in [6, 6.07) is 2.04. The van der Waals surface area contributed by atoms with E-state index in [4.69, 9.17) is 0 Å². The van der Waals surface area contributed by atoms with Crippen molar-refractivity contribution in [2.45, 2.75) is 56.2 Å². The average Bonchev–Trinajstić information content (AvgIpc) is 2.21. The molecule has 0 aliphatic heterocycles. The van der Waals surface area contributed by atoms with E-state index in [9.17, 15) is 31.0 Å². The van der Waals surface area contributed by atoms with E-state index in [0.717, 1.165) is 12.1 Å². The summed E-state index contributed by atoms with van der Waals surface area (Å²) in [6.45, 7) is 9.42. The molecule has 0 saturated heterocycles. The van der Waals surface area contributed by atoms with Crippen LogP contribution < -0.4 is 0 Å². The average molecular weight is 366 g/mol. The molecule has 9 heteroatoms. The third kappa shape index (κ3) is 4.90. The van der Waals surface area contributed by atoms with Crippen LogP contribution in [0.1, 0.15) is 46.6 Å². The fourth-order valence-corrected chi connectivity index (χ4v) is 4.12. The van der Waals surface area contributed by atoms with E-state index in [-0.39, 0.29) is 11.0 Å². The first-order chi connectivity index (χ1) is 9.95. The molecular weight excluding hydrogens is 344 g/mol. The summed E-state index contributed by atoms with van der Waals surface area (Å²) >= 11 is 0. The minimum Gasteiger partial charge on any atom is -0.505 e. The Labute approximate surface area is 136 Å². The summed E-state index contributed by atoms with van der Waals surface area (Å²) in [4.78, 5) is -1.91. The van der Waals surface area contributed by atoms with E-state index >= 15 is 0 Å². The Morgan fingerprint density at radius 1 is 0.870 bits per heavy atom. The molecule has 0 spiro atoms. The largest absolute Gasteiger partial charge is 0.505 e. The highest BCUT2D eigenvalue weighted by Crippen LogP contribution is 2.40. The maximum atomic E-state index is 11.4. The van der Waals surface area contributed by atoms with Crippen LogP contribution in [-0.2, 0) is 25.7 Å². The van der Waals surface area contributed by atoms with Gasteiger partial charge in [0.15, 0.2) is 5.75 Å². The molecule has 23 heavy (non-hydrogen) atoms. The first-order valence-corrected chi connectivity index (χ1v) is 9.66. The van der Waals surface area contributed by atoms with Gasteiger partial charge in [-0.2, -0.15) is 16.8 Å². The van der Waals surface area contributed by atoms with E-state index in [1.165, 1.54) is 0 Å². The van der Waals surface area contributed by atoms with Crippen molar-refractivity contribution in [2.75, 3.05) is 0 Å². The molecule has 1 rings (SSSR count). The van der Waals surface area contributed by atoms with E-state index in [0.29, 0.717) is 6.42 Å². The molecule has 7 nitrogen and oxygen atoms in total. The number of hydrogen-bond acceptors (Lipinski definition) is 5. The Morgan fingerprint density at radius 2 is 1.22 bits per heavy atom. The zero-order valence-electron chi connectivity index (χ0n) is 13.7. The molecule has 0 aliphatic rings. The molecule has 1 aromatic rings. The molecule has 0 unspecified atom stereocenters. The highest BCUT2D eigenvalue weighted by atomic mass is 32.2. The van der Waals surface area contributed by atoms with Crippen molar-refractivity contribution in [2.24, 2.45) is 5.41 Å². The molecule has 0 heterocycles. The minimum absolute atomic E-state index is 0.155. The molecule has 0 fully saturated rings. The molecule has 3 N–H and O–H groups in total. The molecule has 132 valence electrons. The number of phenols is 1. The van der Waals surface area contributed by atoms with E-state index in [1.807, 2.05) is 20.8 Å². The van der Waals surface area contributed by atoms with Crippen molar-refractivity contribution in [3.63, 3.8) is 0 Å². The monoisotopic (exact) mass is 366 g/mol. The Hall–Kier alpha value is -1.16. The van der Waals surface area contributed by atoms with Gasteiger partial charge in [0.05, 0.1) is 0 Å². The molecule has 0 amide bonds. The summed E-state index contributed by atoms with van der Waals surface area (Å²) in [6.07, 6.45) is 0.556. The Kier molecular flexibility index (Phi) is 4.95. The van der Waals surface area contributed by atoms with Gasteiger partial charge >= 0.3 is 0 Å². The van der Waals surface area contributed by atoms with Gasteiger partial charge in [0.1, 0.15) is 9.79 Å². The van der Waals surface area contributed by atoms with Gasteiger partial charge in [-0.05, 0) is 34.9 Å². The topological polar surface area (TPSA) is 129 Å². The van der Waals surface area contributed by atoms with Gasteiger partial charge in [-0.25, -0.2) is 0 Å². The summed E-state index contributed by atoms with van der Waals surface area (Å²) in [5.74, 6) is -1.20. The summed E-state index contributed by atoms with van der Waals surface area (Å²) in [5.41, 5.74) is -0.576. The van der Waals surface area contributed by atoms with Crippen molar-refractivity contribution in [3.05, 3.63) is 17.7 Å². The van der Waals surface area contributed by atoms with Crippen LogP contribution >= 0.6 is 0 Å². The second-order valence-electron chi connectivity index (χ2n) is 7.39. The number of aromatic hydroxyl groups is 1. The standard InChI is InChI=1S/C14H22O7S2/c1-13(2,3)8-14(4,5)9-6-10(22(16,17)18)12(15)11(7-9)23(19,20)21/h6-7,15H,8H2,1-5H3,(H,16,17,18)(H,19,20,21). The van der Waals surface area contributed by atoms with Crippen molar-refractivity contribution in [1.82, 2.24) is 0 Å². The molecule has 0 atom stereocenters. The number of rotatable bonds is 4. The molecule has 0 aliphatic carbocycles. The van der Waals surface area contributed by atoms with Crippen LogP contribution in [0, 0.1) is 5.41 Å². The third-order valence-corrected chi connectivity index (χ3v) is 5.08. The smallest absolute Gasteiger partial charge is 0.298 e. The van der Waals surface area contributed by atoms with Gasteiger partial charge in [-0.3, -0.25) is 9.11 Å². The molecule has 0 aromatic heterocycles. The van der Waals surface area contributed by atoms with Gasteiger partial charge in [0.2, 0.25) is 0 Å². The molecule has 0 radical (unpaired) electrons. The Bertz CT molecular complexity index is 760. The second-order valence-corrected chi connectivity index (χ2v) is 10.2. The zero-order chi connectivity index (χ0) is 18.4. The fourth-order valence-electron chi connectivity index (χ4n) is 2.79. The number of benzene rings is 1. The first-order valence-electron chi connectivity index (χ1n) is 6.78. The SMILES string of the molecule is CC(C)(C)CC(C)(C)c1cc(S(=O)(=O)O)c(O)c(S(=O)(=O)O)c1. The summed E-state index contributed by atoms with van der Waals surface area (Å²) < 4.78 is 64.1. The van der Waals surface area contributed by atoms with Gasteiger partial charge < -0.3 is 5.11 Å². The van der Waals surface area contributed by atoms with Crippen molar-refractivity contribution in [1.29, 1.82) is 0 Å². The van der Waals surface area contributed by atoms with Crippen molar-refractivity contribution in [3.8, 4) is 5.75 Å². The lowest BCUT2D eigenvalue weighted by Crippen LogP contribution is -2.25. The minimum atomic E-state index is -4.87. The van der Waals surface area contributed by atoms with Crippen LogP contribution in [0.5, 0.6) is 5.75 Å². The summed E-state index contributed by atoms with van der Waals surface area (Å²) in [5, 5.41) is 9.80. The lowest BCUT2D eigenvalue weighted by Gasteiger charge is -2.33. The second kappa shape index (κ2) is 5.73. The van der Waals surface area contributed by atoms with Crippen molar-refractivity contribution < 1.29 is 31.0 Å². The zero-order valence-corrected chi connectivity index (χ0v) is 15.3. The maximum absolute atomic E-state index is 11.4. The number of phenolic OH excluding ortho intramolecular Hbond substituents is 1. The predicted molar refractivity (Wildman–Crippen MR) is 84.8 cm³/mol. The molecule has 0 saturated carbocycles. The quantitative estimate of drug-likeness (QED) is 0.698. The van der Waals surface area contributed by atoms with Crippen LogP contribution in [0.25, 0.3) is 0 Å². The normalized spacial score (nSPS) is 14.0.